The molecule has 0 saturated carbocycles. The largest absolute Gasteiger partial charge is 0.394 e. The highest BCUT2D eigenvalue weighted by Crippen LogP contribution is 2.19. The maximum Gasteiger partial charge on any atom is 0.109 e. The number of fused-ring (bicyclic) bond motifs is 1. The van der Waals surface area contributed by atoms with E-state index in [0.29, 0.717) is 0 Å². The van der Waals surface area contributed by atoms with Crippen LogP contribution in [0.1, 0.15) is 38.9 Å². The van der Waals surface area contributed by atoms with Gasteiger partial charge in [-0.2, -0.15) is 0 Å². The fraction of sp³-hybridized carbons (Fsp3) is 0.588. The van der Waals surface area contributed by atoms with E-state index in [1.807, 2.05) is 13.1 Å². The van der Waals surface area contributed by atoms with Crippen LogP contribution in [0.4, 0.5) is 0 Å². The Morgan fingerprint density at radius 3 is 2.76 bits per heavy atom. The average molecular weight is 289 g/mol. The minimum absolute atomic E-state index is 0.163. The lowest BCUT2D eigenvalue weighted by Gasteiger charge is -2.26. The van der Waals surface area contributed by atoms with Crippen molar-refractivity contribution in [2.75, 3.05) is 13.7 Å². The van der Waals surface area contributed by atoms with Crippen LogP contribution in [0.15, 0.2) is 24.3 Å². The van der Waals surface area contributed by atoms with Gasteiger partial charge < -0.3 is 15.0 Å². The molecule has 1 heterocycles. The molecule has 0 saturated heterocycles. The summed E-state index contributed by atoms with van der Waals surface area (Å²) < 4.78 is 2.34. The number of aliphatic hydroxyl groups is 1. The number of aliphatic hydroxyl groups excluding tert-OH is 1. The third-order valence-electron chi connectivity index (χ3n) is 4.27. The zero-order valence-electron chi connectivity index (χ0n) is 13.4. The van der Waals surface area contributed by atoms with Gasteiger partial charge in [0, 0.05) is 18.5 Å². The smallest absolute Gasteiger partial charge is 0.109 e. The molecule has 0 radical (unpaired) electrons. The highest BCUT2D eigenvalue weighted by molar-refractivity contribution is 5.75. The molecular formula is C17H27N3O. The Bertz CT molecular complexity index is 572. The number of rotatable bonds is 8. The summed E-state index contributed by atoms with van der Waals surface area (Å²) in [6, 6.07) is 8.34. The minimum atomic E-state index is -0.193. The number of nitrogens with zero attached hydrogens (tertiary/aromatic N) is 2. The molecular weight excluding hydrogens is 262 g/mol. The highest BCUT2D eigenvalue weighted by Gasteiger charge is 2.20. The number of benzene rings is 1. The zero-order valence-corrected chi connectivity index (χ0v) is 13.4. The summed E-state index contributed by atoms with van der Waals surface area (Å²) in [5, 5.41) is 12.7. The van der Waals surface area contributed by atoms with Crippen molar-refractivity contribution in [1.82, 2.24) is 14.9 Å². The number of para-hydroxylation sites is 2. The molecule has 21 heavy (non-hydrogen) atoms. The number of hydrogen-bond acceptors (Lipinski definition) is 3. The monoisotopic (exact) mass is 289 g/mol. The number of aromatic nitrogens is 2. The summed E-state index contributed by atoms with van der Waals surface area (Å²) in [7, 11) is 1.91. The molecule has 4 nitrogen and oxygen atoms in total. The SMILES string of the molecule is CCCc1nc2ccccc2n1CCCC(C)(CO)NC. The standard InChI is InChI=1S/C17H27N3O/c1-4-8-16-19-14-9-5-6-10-15(14)20(16)12-7-11-17(2,13-21)18-3/h5-6,9-10,18,21H,4,7-8,11-13H2,1-3H3. The van der Waals surface area contributed by atoms with Crippen LogP contribution in [-0.4, -0.2) is 33.9 Å². The predicted molar refractivity (Wildman–Crippen MR) is 87.5 cm³/mol. The molecule has 0 fully saturated rings. The summed E-state index contributed by atoms with van der Waals surface area (Å²) in [6.45, 7) is 5.36. The van der Waals surface area contributed by atoms with E-state index in [9.17, 15) is 5.11 Å². The molecule has 2 rings (SSSR count). The van der Waals surface area contributed by atoms with E-state index in [-0.39, 0.29) is 12.1 Å². The second kappa shape index (κ2) is 7.05. The third kappa shape index (κ3) is 3.63. The van der Waals surface area contributed by atoms with Gasteiger partial charge in [0.05, 0.1) is 17.6 Å². The first-order valence-corrected chi connectivity index (χ1v) is 7.87. The van der Waals surface area contributed by atoms with E-state index in [2.05, 4.69) is 41.9 Å². The zero-order chi connectivity index (χ0) is 15.3. The second-order valence-corrected chi connectivity index (χ2v) is 5.99. The van der Waals surface area contributed by atoms with E-state index in [4.69, 9.17) is 4.98 Å². The van der Waals surface area contributed by atoms with Crippen LogP contribution in [0.3, 0.4) is 0 Å². The average Bonchev–Trinajstić information content (AvgIpc) is 2.85. The Balaban J connectivity index is 2.15. The molecule has 0 aliphatic carbocycles. The first-order chi connectivity index (χ1) is 10.1. The molecule has 2 aromatic rings. The molecule has 0 spiro atoms. The highest BCUT2D eigenvalue weighted by atomic mass is 16.3. The van der Waals surface area contributed by atoms with Crippen molar-refractivity contribution >= 4 is 11.0 Å². The number of aryl methyl sites for hydroxylation is 2. The quantitative estimate of drug-likeness (QED) is 0.785. The summed E-state index contributed by atoms with van der Waals surface area (Å²) >= 11 is 0. The Morgan fingerprint density at radius 2 is 2.10 bits per heavy atom. The molecule has 1 aromatic carbocycles. The molecule has 116 valence electrons. The van der Waals surface area contributed by atoms with Gasteiger partial charge in [-0.05, 0) is 45.4 Å². The van der Waals surface area contributed by atoms with Crippen molar-refractivity contribution in [2.45, 2.75) is 51.6 Å². The van der Waals surface area contributed by atoms with Gasteiger partial charge in [-0.1, -0.05) is 19.1 Å². The Kier molecular flexibility index (Phi) is 5.37. The number of likely N-dealkylation sites (N-methyl/N-ethyl adjacent to an activating group) is 1. The first kappa shape index (κ1) is 16.0. The van der Waals surface area contributed by atoms with Gasteiger partial charge in [0.2, 0.25) is 0 Å². The van der Waals surface area contributed by atoms with Gasteiger partial charge in [0.15, 0.2) is 0 Å². The van der Waals surface area contributed by atoms with E-state index >= 15 is 0 Å². The second-order valence-electron chi connectivity index (χ2n) is 5.99. The van der Waals surface area contributed by atoms with Gasteiger partial charge in [0.25, 0.3) is 0 Å². The van der Waals surface area contributed by atoms with E-state index < -0.39 is 0 Å². The predicted octanol–water partition coefficient (Wildman–Crippen LogP) is 2.74. The van der Waals surface area contributed by atoms with Crippen LogP contribution >= 0.6 is 0 Å². The molecule has 0 aliphatic heterocycles. The van der Waals surface area contributed by atoms with Crippen molar-refractivity contribution in [2.24, 2.45) is 0 Å². The third-order valence-corrected chi connectivity index (χ3v) is 4.27. The molecule has 0 bridgehead atoms. The normalized spacial score (nSPS) is 14.5. The van der Waals surface area contributed by atoms with Crippen molar-refractivity contribution in [3.63, 3.8) is 0 Å². The van der Waals surface area contributed by atoms with Crippen LogP contribution in [-0.2, 0) is 13.0 Å². The van der Waals surface area contributed by atoms with E-state index in [0.717, 1.165) is 37.7 Å². The lowest BCUT2D eigenvalue weighted by atomic mass is 9.97. The van der Waals surface area contributed by atoms with Crippen LogP contribution < -0.4 is 5.32 Å². The minimum Gasteiger partial charge on any atom is -0.394 e. The van der Waals surface area contributed by atoms with E-state index in [1.165, 1.54) is 11.3 Å². The van der Waals surface area contributed by atoms with Crippen LogP contribution in [0.5, 0.6) is 0 Å². The van der Waals surface area contributed by atoms with Gasteiger partial charge in [0.1, 0.15) is 5.82 Å². The maximum atomic E-state index is 9.47. The first-order valence-electron chi connectivity index (χ1n) is 7.87. The summed E-state index contributed by atoms with van der Waals surface area (Å²) in [5.41, 5.74) is 2.11. The van der Waals surface area contributed by atoms with Crippen LogP contribution in [0, 0.1) is 0 Å². The molecule has 1 unspecified atom stereocenters. The molecule has 1 aromatic heterocycles. The van der Waals surface area contributed by atoms with Crippen molar-refractivity contribution in [3.05, 3.63) is 30.1 Å². The Labute approximate surface area is 127 Å². The van der Waals surface area contributed by atoms with E-state index in [1.54, 1.807) is 0 Å². The summed E-state index contributed by atoms with van der Waals surface area (Å²) in [6.07, 6.45) is 4.08. The number of nitrogens with one attached hydrogen (secondary N) is 1. The Morgan fingerprint density at radius 1 is 1.33 bits per heavy atom. The van der Waals surface area contributed by atoms with Crippen molar-refractivity contribution < 1.29 is 5.11 Å². The van der Waals surface area contributed by atoms with Gasteiger partial charge in [-0.3, -0.25) is 0 Å². The van der Waals surface area contributed by atoms with Crippen LogP contribution in [0.2, 0.25) is 0 Å². The molecule has 0 amide bonds. The van der Waals surface area contributed by atoms with Gasteiger partial charge in [-0.25, -0.2) is 4.98 Å². The molecule has 4 heteroatoms. The maximum absolute atomic E-state index is 9.47. The van der Waals surface area contributed by atoms with Gasteiger partial charge >= 0.3 is 0 Å². The summed E-state index contributed by atoms with van der Waals surface area (Å²) in [5.74, 6) is 1.17. The fourth-order valence-electron chi connectivity index (χ4n) is 2.70. The van der Waals surface area contributed by atoms with Crippen molar-refractivity contribution in [3.8, 4) is 0 Å². The molecule has 0 aliphatic rings. The fourth-order valence-corrected chi connectivity index (χ4v) is 2.70. The van der Waals surface area contributed by atoms with Gasteiger partial charge in [-0.15, -0.1) is 0 Å². The summed E-state index contributed by atoms with van der Waals surface area (Å²) in [4.78, 5) is 4.76. The lowest BCUT2D eigenvalue weighted by Crippen LogP contribution is -2.43. The Hall–Kier alpha value is -1.39. The molecule has 1 atom stereocenters. The lowest BCUT2D eigenvalue weighted by molar-refractivity contribution is 0.170. The number of hydrogen-bond donors (Lipinski definition) is 2. The molecule has 2 N–H and O–H groups in total. The van der Waals surface area contributed by atoms with Crippen LogP contribution in [0.25, 0.3) is 11.0 Å². The number of imidazole rings is 1. The topological polar surface area (TPSA) is 50.1 Å². The van der Waals surface area contributed by atoms with Crippen molar-refractivity contribution in [1.29, 1.82) is 0 Å².